The molecular weight excluding hydrogens is 198 g/mol. The predicted octanol–water partition coefficient (Wildman–Crippen LogP) is 2.74. The Kier molecular flexibility index (Phi) is 5.50. The third kappa shape index (κ3) is 3.95. The van der Waals surface area contributed by atoms with Crippen LogP contribution < -0.4 is 5.32 Å². The second-order valence-corrected chi connectivity index (χ2v) is 4.67. The summed E-state index contributed by atoms with van der Waals surface area (Å²) in [6, 6.07) is 10.00. The maximum atomic E-state index is 10.2. The van der Waals surface area contributed by atoms with Gasteiger partial charge < -0.3 is 10.4 Å². The highest BCUT2D eigenvalue weighted by Crippen LogP contribution is 2.18. The minimum Gasteiger partial charge on any atom is -0.387 e. The first-order valence-electron chi connectivity index (χ1n) is 6.11. The van der Waals surface area contributed by atoms with Crippen molar-refractivity contribution in [2.75, 3.05) is 6.54 Å². The van der Waals surface area contributed by atoms with Gasteiger partial charge in [-0.25, -0.2) is 0 Å². The molecular formula is C14H23NO. The van der Waals surface area contributed by atoms with Gasteiger partial charge in [-0.2, -0.15) is 0 Å². The van der Waals surface area contributed by atoms with Gasteiger partial charge in [0, 0.05) is 6.04 Å². The third-order valence-corrected chi connectivity index (χ3v) is 2.75. The minimum absolute atomic E-state index is 0.143. The Morgan fingerprint density at radius 3 is 2.31 bits per heavy atom. The van der Waals surface area contributed by atoms with E-state index >= 15 is 0 Å². The largest absolute Gasteiger partial charge is 0.387 e. The molecule has 16 heavy (non-hydrogen) atoms. The Bertz CT molecular complexity index is 284. The van der Waals surface area contributed by atoms with E-state index in [0.717, 1.165) is 18.5 Å². The quantitative estimate of drug-likeness (QED) is 0.774. The van der Waals surface area contributed by atoms with Crippen LogP contribution in [0.25, 0.3) is 0 Å². The van der Waals surface area contributed by atoms with Crippen molar-refractivity contribution < 1.29 is 5.11 Å². The van der Waals surface area contributed by atoms with Crippen LogP contribution in [-0.2, 0) is 0 Å². The molecule has 0 spiro atoms. The van der Waals surface area contributed by atoms with Crippen molar-refractivity contribution in [1.82, 2.24) is 5.32 Å². The van der Waals surface area contributed by atoms with Crippen molar-refractivity contribution in [3.63, 3.8) is 0 Å². The highest BCUT2D eigenvalue weighted by Gasteiger charge is 2.18. The molecule has 0 aliphatic carbocycles. The zero-order chi connectivity index (χ0) is 12.0. The number of benzene rings is 1. The summed E-state index contributed by atoms with van der Waals surface area (Å²) in [5.41, 5.74) is 0.991. The molecule has 2 heteroatoms. The van der Waals surface area contributed by atoms with Crippen LogP contribution in [0.15, 0.2) is 30.3 Å². The van der Waals surface area contributed by atoms with E-state index < -0.39 is 6.10 Å². The number of hydrogen-bond donors (Lipinski definition) is 2. The summed E-state index contributed by atoms with van der Waals surface area (Å²) >= 11 is 0. The molecule has 0 amide bonds. The third-order valence-electron chi connectivity index (χ3n) is 2.75. The highest BCUT2D eigenvalue weighted by atomic mass is 16.3. The molecule has 1 aromatic rings. The molecule has 2 nitrogen and oxygen atoms in total. The first kappa shape index (κ1) is 13.2. The lowest BCUT2D eigenvalue weighted by Crippen LogP contribution is -2.36. The highest BCUT2D eigenvalue weighted by molar-refractivity contribution is 5.18. The van der Waals surface area contributed by atoms with Gasteiger partial charge in [-0.1, -0.05) is 51.1 Å². The van der Waals surface area contributed by atoms with Gasteiger partial charge in [0.05, 0.1) is 6.10 Å². The van der Waals surface area contributed by atoms with Crippen molar-refractivity contribution in [2.24, 2.45) is 5.92 Å². The molecule has 0 aromatic heterocycles. The number of aliphatic hydroxyl groups is 1. The fourth-order valence-corrected chi connectivity index (χ4v) is 1.75. The Morgan fingerprint density at radius 2 is 1.81 bits per heavy atom. The van der Waals surface area contributed by atoms with Crippen LogP contribution in [0.1, 0.15) is 38.9 Å². The van der Waals surface area contributed by atoms with Gasteiger partial charge in [0.1, 0.15) is 0 Å². The SMILES string of the molecule is CCC(NCC(C)C)C(O)c1ccccc1. The number of hydrogen-bond acceptors (Lipinski definition) is 2. The van der Waals surface area contributed by atoms with Crippen LogP contribution in [0.5, 0.6) is 0 Å². The van der Waals surface area contributed by atoms with E-state index in [1.165, 1.54) is 0 Å². The second kappa shape index (κ2) is 6.66. The lowest BCUT2D eigenvalue weighted by molar-refractivity contribution is 0.124. The van der Waals surface area contributed by atoms with E-state index in [4.69, 9.17) is 0 Å². The van der Waals surface area contributed by atoms with Crippen LogP contribution in [0, 0.1) is 5.92 Å². The fourth-order valence-electron chi connectivity index (χ4n) is 1.75. The topological polar surface area (TPSA) is 32.3 Å². The predicted molar refractivity (Wildman–Crippen MR) is 68.3 cm³/mol. The molecule has 0 bridgehead atoms. The molecule has 0 aliphatic rings. The van der Waals surface area contributed by atoms with Crippen molar-refractivity contribution in [3.05, 3.63) is 35.9 Å². The molecule has 0 radical (unpaired) electrons. The average molecular weight is 221 g/mol. The first-order chi connectivity index (χ1) is 7.65. The fraction of sp³-hybridized carbons (Fsp3) is 0.571. The lowest BCUT2D eigenvalue weighted by Gasteiger charge is -2.24. The first-order valence-corrected chi connectivity index (χ1v) is 6.11. The number of rotatable bonds is 6. The van der Waals surface area contributed by atoms with E-state index in [9.17, 15) is 5.11 Å². The van der Waals surface area contributed by atoms with Crippen molar-refractivity contribution in [3.8, 4) is 0 Å². The standard InChI is InChI=1S/C14H23NO/c1-4-13(15-10-11(2)3)14(16)12-8-6-5-7-9-12/h5-9,11,13-16H,4,10H2,1-3H3. The summed E-state index contributed by atoms with van der Waals surface area (Å²) in [5.74, 6) is 0.608. The van der Waals surface area contributed by atoms with Crippen LogP contribution in [-0.4, -0.2) is 17.7 Å². The van der Waals surface area contributed by atoms with E-state index in [0.29, 0.717) is 5.92 Å². The number of nitrogens with one attached hydrogen (secondary N) is 1. The van der Waals surface area contributed by atoms with Crippen LogP contribution in [0.3, 0.4) is 0 Å². The molecule has 0 aliphatic heterocycles. The van der Waals surface area contributed by atoms with Crippen molar-refractivity contribution in [2.45, 2.75) is 39.3 Å². The maximum absolute atomic E-state index is 10.2. The molecule has 2 N–H and O–H groups in total. The maximum Gasteiger partial charge on any atom is 0.0942 e. The van der Waals surface area contributed by atoms with Crippen LogP contribution in [0.2, 0.25) is 0 Å². The van der Waals surface area contributed by atoms with E-state index in [2.05, 4.69) is 26.1 Å². The summed E-state index contributed by atoms with van der Waals surface area (Å²) in [6.45, 7) is 7.40. The summed E-state index contributed by atoms with van der Waals surface area (Å²) < 4.78 is 0. The molecule has 1 rings (SSSR count). The van der Waals surface area contributed by atoms with E-state index in [-0.39, 0.29) is 6.04 Å². The summed E-state index contributed by atoms with van der Waals surface area (Å²) in [4.78, 5) is 0. The normalized spacial score (nSPS) is 15.1. The summed E-state index contributed by atoms with van der Waals surface area (Å²) in [5, 5.41) is 13.6. The van der Waals surface area contributed by atoms with Gasteiger partial charge in [-0.05, 0) is 24.4 Å². The Labute approximate surface area is 98.7 Å². The van der Waals surface area contributed by atoms with Gasteiger partial charge in [0.2, 0.25) is 0 Å². The van der Waals surface area contributed by atoms with Gasteiger partial charge in [0.25, 0.3) is 0 Å². The Morgan fingerprint density at radius 1 is 1.19 bits per heavy atom. The summed E-state index contributed by atoms with van der Waals surface area (Å²) in [7, 11) is 0. The molecule has 1 aromatic carbocycles. The molecule has 0 heterocycles. The lowest BCUT2D eigenvalue weighted by atomic mass is 10.00. The van der Waals surface area contributed by atoms with Gasteiger partial charge >= 0.3 is 0 Å². The average Bonchev–Trinajstić information content (AvgIpc) is 2.30. The van der Waals surface area contributed by atoms with Crippen LogP contribution >= 0.6 is 0 Å². The Balaban J connectivity index is 2.59. The zero-order valence-corrected chi connectivity index (χ0v) is 10.5. The molecule has 0 saturated heterocycles. The van der Waals surface area contributed by atoms with Gasteiger partial charge in [-0.3, -0.25) is 0 Å². The van der Waals surface area contributed by atoms with Crippen LogP contribution in [0.4, 0.5) is 0 Å². The summed E-state index contributed by atoms with van der Waals surface area (Å²) in [6.07, 6.45) is 0.521. The smallest absolute Gasteiger partial charge is 0.0942 e. The second-order valence-electron chi connectivity index (χ2n) is 4.67. The molecule has 2 unspecified atom stereocenters. The van der Waals surface area contributed by atoms with Crippen molar-refractivity contribution >= 4 is 0 Å². The molecule has 90 valence electrons. The van der Waals surface area contributed by atoms with E-state index in [1.54, 1.807) is 0 Å². The van der Waals surface area contributed by atoms with E-state index in [1.807, 2.05) is 30.3 Å². The molecule has 0 fully saturated rings. The minimum atomic E-state index is -0.412. The van der Waals surface area contributed by atoms with Crippen molar-refractivity contribution in [1.29, 1.82) is 0 Å². The molecule has 0 saturated carbocycles. The number of aliphatic hydroxyl groups excluding tert-OH is 1. The Hall–Kier alpha value is -0.860. The monoisotopic (exact) mass is 221 g/mol. The zero-order valence-electron chi connectivity index (χ0n) is 10.5. The van der Waals surface area contributed by atoms with Gasteiger partial charge in [-0.15, -0.1) is 0 Å². The molecule has 2 atom stereocenters. The van der Waals surface area contributed by atoms with Gasteiger partial charge in [0.15, 0.2) is 0 Å².